The highest BCUT2D eigenvalue weighted by Gasteiger charge is 2.38. The van der Waals surface area contributed by atoms with E-state index in [1.54, 1.807) is 0 Å². The first-order chi connectivity index (χ1) is 6.62. The SMILES string of the molecule is CCCC(C#N)C1(O)CCC(C)NC1. The monoisotopic (exact) mass is 196 g/mol. The lowest BCUT2D eigenvalue weighted by Crippen LogP contribution is -2.53. The maximum absolute atomic E-state index is 10.3. The molecule has 2 N–H and O–H groups in total. The lowest BCUT2D eigenvalue weighted by Gasteiger charge is -2.38. The van der Waals surface area contributed by atoms with Crippen molar-refractivity contribution >= 4 is 0 Å². The summed E-state index contributed by atoms with van der Waals surface area (Å²) in [4.78, 5) is 0. The summed E-state index contributed by atoms with van der Waals surface area (Å²) in [7, 11) is 0. The highest BCUT2D eigenvalue weighted by atomic mass is 16.3. The first-order valence-electron chi connectivity index (χ1n) is 5.47. The molecule has 0 radical (unpaired) electrons. The molecule has 0 aromatic heterocycles. The lowest BCUT2D eigenvalue weighted by atomic mass is 9.78. The first kappa shape index (κ1) is 11.5. The maximum Gasteiger partial charge on any atom is 0.0929 e. The Morgan fingerprint density at radius 1 is 1.71 bits per heavy atom. The maximum atomic E-state index is 10.3. The third kappa shape index (κ3) is 2.46. The zero-order chi connectivity index (χ0) is 10.6. The Morgan fingerprint density at radius 2 is 2.43 bits per heavy atom. The molecule has 3 atom stereocenters. The molecule has 3 unspecified atom stereocenters. The molecule has 14 heavy (non-hydrogen) atoms. The molecule has 0 aliphatic carbocycles. The second kappa shape index (κ2) is 4.77. The van der Waals surface area contributed by atoms with Crippen LogP contribution in [0, 0.1) is 17.2 Å². The van der Waals surface area contributed by atoms with E-state index >= 15 is 0 Å². The summed E-state index contributed by atoms with van der Waals surface area (Å²) in [5, 5.41) is 22.5. The van der Waals surface area contributed by atoms with Gasteiger partial charge in [0.15, 0.2) is 0 Å². The van der Waals surface area contributed by atoms with E-state index in [0.717, 1.165) is 25.7 Å². The predicted molar refractivity (Wildman–Crippen MR) is 55.7 cm³/mol. The van der Waals surface area contributed by atoms with Gasteiger partial charge in [0, 0.05) is 12.6 Å². The Bertz CT molecular complexity index is 214. The number of nitriles is 1. The molecule has 0 saturated carbocycles. The molecule has 3 heteroatoms. The number of rotatable bonds is 3. The third-order valence-electron chi connectivity index (χ3n) is 3.15. The molecule has 80 valence electrons. The van der Waals surface area contributed by atoms with Crippen molar-refractivity contribution in [1.82, 2.24) is 5.32 Å². The summed E-state index contributed by atoms with van der Waals surface area (Å²) in [5.41, 5.74) is -0.794. The quantitative estimate of drug-likeness (QED) is 0.718. The number of hydrogen-bond acceptors (Lipinski definition) is 3. The van der Waals surface area contributed by atoms with Crippen LogP contribution < -0.4 is 5.32 Å². The van der Waals surface area contributed by atoms with Gasteiger partial charge in [-0.1, -0.05) is 13.3 Å². The van der Waals surface area contributed by atoms with Crippen molar-refractivity contribution in [3.63, 3.8) is 0 Å². The molecular formula is C11H20N2O. The predicted octanol–water partition coefficient (Wildman–Crippen LogP) is 1.43. The van der Waals surface area contributed by atoms with Crippen molar-refractivity contribution in [2.24, 2.45) is 5.92 Å². The van der Waals surface area contributed by atoms with E-state index in [1.807, 2.05) is 6.92 Å². The number of nitrogens with one attached hydrogen (secondary N) is 1. The summed E-state index contributed by atoms with van der Waals surface area (Å²) in [6, 6.07) is 2.71. The van der Waals surface area contributed by atoms with Crippen molar-refractivity contribution in [3.8, 4) is 6.07 Å². The van der Waals surface area contributed by atoms with Crippen LogP contribution in [0.25, 0.3) is 0 Å². The van der Waals surface area contributed by atoms with Gasteiger partial charge in [-0.3, -0.25) is 0 Å². The summed E-state index contributed by atoms with van der Waals surface area (Å²) < 4.78 is 0. The molecule has 1 saturated heterocycles. The smallest absolute Gasteiger partial charge is 0.0929 e. The van der Waals surface area contributed by atoms with Crippen molar-refractivity contribution in [2.45, 2.75) is 51.2 Å². The van der Waals surface area contributed by atoms with Crippen molar-refractivity contribution in [3.05, 3.63) is 0 Å². The van der Waals surface area contributed by atoms with Gasteiger partial charge in [-0.15, -0.1) is 0 Å². The van der Waals surface area contributed by atoms with E-state index in [2.05, 4.69) is 18.3 Å². The fourth-order valence-electron chi connectivity index (χ4n) is 2.05. The van der Waals surface area contributed by atoms with Crippen LogP contribution in [-0.2, 0) is 0 Å². The average Bonchev–Trinajstić information content (AvgIpc) is 2.19. The Morgan fingerprint density at radius 3 is 2.86 bits per heavy atom. The van der Waals surface area contributed by atoms with E-state index < -0.39 is 5.60 Å². The minimum atomic E-state index is -0.794. The highest BCUT2D eigenvalue weighted by Crippen LogP contribution is 2.29. The highest BCUT2D eigenvalue weighted by molar-refractivity contribution is 5.02. The van der Waals surface area contributed by atoms with Crippen molar-refractivity contribution < 1.29 is 5.11 Å². The number of nitrogens with zero attached hydrogens (tertiary/aromatic N) is 1. The summed E-state index contributed by atoms with van der Waals surface area (Å²) in [6.45, 7) is 4.72. The van der Waals surface area contributed by atoms with E-state index in [0.29, 0.717) is 12.6 Å². The van der Waals surface area contributed by atoms with Crippen molar-refractivity contribution in [2.75, 3.05) is 6.54 Å². The normalized spacial score (nSPS) is 34.9. The molecule has 0 aromatic rings. The van der Waals surface area contributed by atoms with Gasteiger partial charge in [0.25, 0.3) is 0 Å². The second-order valence-electron chi connectivity index (χ2n) is 4.39. The van der Waals surface area contributed by atoms with Crippen LogP contribution in [0.1, 0.15) is 39.5 Å². The van der Waals surface area contributed by atoms with Gasteiger partial charge in [-0.25, -0.2) is 0 Å². The van der Waals surface area contributed by atoms with Crippen molar-refractivity contribution in [1.29, 1.82) is 5.26 Å². The Kier molecular flexibility index (Phi) is 3.91. The molecule has 0 bridgehead atoms. The minimum absolute atomic E-state index is 0.215. The number of hydrogen-bond donors (Lipinski definition) is 2. The first-order valence-corrected chi connectivity index (χ1v) is 5.47. The van der Waals surface area contributed by atoms with Gasteiger partial charge in [0.1, 0.15) is 0 Å². The van der Waals surface area contributed by atoms with E-state index in [9.17, 15) is 5.11 Å². The summed E-state index contributed by atoms with van der Waals surface area (Å²) in [5.74, 6) is -0.215. The van der Waals surface area contributed by atoms with Crippen LogP contribution in [0.5, 0.6) is 0 Å². The van der Waals surface area contributed by atoms with Crippen LogP contribution in [0.4, 0.5) is 0 Å². The molecule has 0 amide bonds. The molecule has 1 fully saturated rings. The van der Waals surface area contributed by atoms with Crippen LogP contribution in [-0.4, -0.2) is 23.3 Å². The molecule has 1 aliphatic rings. The molecule has 1 rings (SSSR count). The summed E-state index contributed by atoms with van der Waals surface area (Å²) >= 11 is 0. The molecule has 0 spiro atoms. The lowest BCUT2D eigenvalue weighted by molar-refractivity contribution is -0.0282. The standard InChI is InChI=1S/C11H20N2O/c1-3-4-10(7-12)11(14)6-5-9(2)13-8-11/h9-10,13-14H,3-6,8H2,1-2H3. The fraction of sp³-hybridized carbons (Fsp3) is 0.909. The minimum Gasteiger partial charge on any atom is -0.387 e. The topological polar surface area (TPSA) is 56.0 Å². The molecule has 1 heterocycles. The number of aliphatic hydroxyl groups is 1. The van der Waals surface area contributed by atoms with Gasteiger partial charge in [0.05, 0.1) is 17.6 Å². The van der Waals surface area contributed by atoms with Crippen LogP contribution in [0.3, 0.4) is 0 Å². The number of β-amino-alcohol motifs (C(OH)–C–C–N with tert-alkyl or cyclic N) is 1. The Labute approximate surface area is 86.1 Å². The van der Waals surface area contributed by atoms with E-state index in [4.69, 9.17) is 5.26 Å². The fourth-order valence-corrected chi connectivity index (χ4v) is 2.05. The second-order valence-corrected chi connectivity index (χ2v) is 4.39. The van der Waals surface area contributed by atoms with Gasteiger partial charge in [-0.05, 0) is 26.2 Å². The largest absolute Gasteiger partial charge is 0.387 e. The average molecular weight is 196 g/mol. The van der Waals surface area contributed by atoms with E-state index in [-0.39, 0.29) is 5.92 Å². The zero-order valence-corrected chi connectivity index (χ0v) is 9.08. The molecule has 1 aliphatic heterocycles. The van der Waals surface area contributed by atoms with Gasteiger partial charge in [0.2, 0.25) is 0 Å². The number of piperidine rings is 1. The van der Waals surface area contributed by atoms with Crippen LogP contribution in [0.2, 0.25) is 0 Å². The molecule has 0 aromatic carbocycles. The molecule has 3 nitrogen and oxygen atoms in total. The van der Waals surface area contributed by atoms with E-state index in [1.165, 1.54) is 0 Å². The summed E-state index contributed by atoms with van der Waals surface area (Å²) in [6.07, 6.45) is 3.46. The Balaban J connectivity index is 2.59. The van der Waals surface area contributed by atoms with Crippen LogP contribution in [0.15, 0.2) is 0 Å². The van der Waals surface area contributed by atoms with Gasteiger partial charge < -0.3 is 10.4 Å². The molecular weight excluding hydrogens is 176 g/mol. The Hall–Kier alpha value is -0.590. The zero-order valence-electron chi connectivity index (χ0n) is 9.08. The third-order valence-corrected chi connectivity index (χ3v) is 3.15. The van der Waals surface area contributed by atoms with Gasteiger partial charge in [-0.2, -0.15) is 5.26 Å². The van der Waals surface area contributed by atoms with Crippen LogP contribution >= 0.6 is 0 Å². The van der Waals surface area contributed by atoms with Gasteiger partial charge >= 0.3 is 0 Å².